The van der Waals surface area contributed by atoms with Crippen molar-refractivity contribution in [1.82, 2.24) is 19.9 Å². The van der Waals surface area contributed by atoms with Gasteiger partial charge in [-0.25, -0.2) is 18.4 Å². The molecule has 3 fully saturated rings. The van der Waals surface area contributed by atoms with Crippen LogP contribution in [0, 0.1) is 11.3 Å². The van der Waals surface area contributed by atoms with E-state index >= 15 is 0 Å². The fourth-order valence-electron chi connectivity index (χ4n) is 5.43. The topological polar surface area (TPSA) is 143 Å². The molecule has 3 aliphatic rings. The first-order valence-electron chi connectivity index (χ1n) is 14.0. The first-order valence-corrected chi connectivity index (χ1v) is 15.9. The number of sulfone groups is 1. The van der Waals surface area contributed by atoms with Gasteiger partial charge in [0, 0.05) is 43.5 Å². The van der Waals surface area contributed by atoms with Gasteiger partial charge in [-0.05, 0) is 43.2 Å². The van der Waals surface area contributed by atoms with E-state index in [2.05, 4.69) is 36.1 Å². The Hall–Kier alpha value is -3.99. The number of nitrogens with one attached hydrogen (secondary N) is 1. The summed E-state index contributed by atoms with van der Waals surface area (Å²) in [7, 11) is -1.33. The van der Waals surface area contributed by atoms with Crippen LogP contribution in [0.15, 0.2) is 42.7 Å². The van der Waals surface area contributed by atoms with Crippen LogP contribution in [0.2, 0.25) is 0 Å². The average Bonchev–Trinajstić information content (AvgIpc) is 2.98. The number of ether oxygens (including phenoxy) is 3. The molecule has 220 valence electrons. The van der Waals surface area contributed by atoms with Gasteiger partial charge in [0.05, 0.1) is 49.1 Å². The highest BCUT2D eigenvalue weighted by molar-refractivity contribution is 7.91. The number of aromatic nitrogens is 3. The molecule has 6 rings (SSSR count). The van der Waals surface area contributed by atoms with Gasteiger partial charge >= 0.3 is 0 Å². The van der Waals surface area contributed by atoms with Gasteiger partial charge < -0.3 is 24.4 Å². The van der Waals surface area contributed by atoms with Crippen LogP contribution in [-0.2, 0) is 14.6 Å². The second kappa shape index (κ2) is 12.1. The Morgan fingerprint density at radius 2 is 1.81 bits per heavy atom. The van der Waals surface area contributed by atoms with Crippen LogP contribution < -0.4 is 19.7 Å². The van der Waals surface area contributed by atoms with Gasteiger partial charge in [-0.3, -0.25) is 4.90 Å². The maximum atomic E-state index is 11.7. The van der Waals surface area contributed by atoms with Gasteiger partial charge in [-0.2, -0.15) is 10.2 Å². The zero-order chi connectivity index (χ0) is 29.1. The molecule has 0 saturated carbocycles. The quantitative estimate of drug-likeness (QED) is 0.411. The number of nitrogens with zero attached hydrogens (tertiary/aromatic N) is 6. The molecule has 0 atom stereocenters. The Kier molecular flexibility index (Phi) is 8.10. The number of piperazine rings is 1. The summed E-state index contributed by atoms with van der Waals surface area (Å²) in [5, 5.41) is 13.0. The van der Waals surface area contributed by atoms with Crippen molar-refractivity contribution < 1.29 is 22.6 Å². The minimum atomic E-state index is -3.00. The van der Waals surface area contributed by atoms with E-state index < -0.39 is 9.84 Å². The monoisotopic (exact) mass is 591 g/mol. The summed E-state index contributed by atoms with van der Waals surface area (Å²) in [6.07, 6.45) is 2.00. The molecule has 0 spiro atoms. The predicted octanol–water partition coefficient (Wildman–Crippen LogP) is 2.64. The molecule has 0 bridgehead atoms. The summed E-state index contributed by atoms with van der Waals surface area (Å²) in [5.74, 6) is 2.13. The maximum absolute atomic E-state index is 11.7. The highest BCUT2D eigenvalue weighted by Gasteiger charge is 2.30. The number of anilines is 3. The van der Waals surface area contributed by atoms with Crippen molar-refractivity contribution in [3.63, 3.8) is 0 Å². The third-order valence-corrected chi connectivity index (χ3v) is 9.67. The highest BCUT2D eigenvalue weighted by Crippen LogP contribution is 2.33. The van der Waals surface area contributed by atoms with E-state index in [0.717, 1.165) is 56.5 Å². The molecule has 13 heteroatoms. The molecule has 0 amide bonds. The first-order chi connectivity index (χ1) is 20.4. The van der Waals surface area contributed by atoms with Crippen LogP contribution in [-0.4, -0.2) is 98.4 Å². The van der Waals surface area contributed by atoms with Crippen LogP contribution in [0.4, 0.5) is 17.3 Å². The van der Waals surface area contributed by atoms with Crippen molar-refractivity contribution in [2.24, 2.45) is 0 Å². The Morgan fingerprint density at radius 1 is 1.02 bits per heavy atom. The van der Waals surface area contributed by atoms with Gasteiger partial charge in [0.25, 0.3) is 0 Å². The first kappa shape index (κ1) is 28.1. The van der Waals surface area contributed by atoms with Gasteiger partial charge in [0.15, 0.2) is 15.7 Å². The number of methoxy groups -OCH3 is 1. The number of rotatable bonds is 8. The molecular formula is C29H33N7O5S. The second-order valence-electron chi connectivity index (χ2n) is 10.7. The summed E-state index contributed by atoms with van der Waals surface area (Å²) < 4.78 is 40.5. The van der Waals surface area contributed by atoms with Gasteiger partial charge in [0.1, 0.15) is 30.0 Å². The van der Waals surface area contributed by atoms with Crippen molar-refractivity contribution >= 4 is 27.2 Å². The van der Waals surface area contributed by atoms with E-state index in [4.69, 9.17) is 14.2 Å². The molecule has 42 heavy (non-hydrogen) atoms. The molecule has 0 unspecified atom stereocenters. The molecule has 0 aliphatic carbocycles. The Balaban J connectivity index is 1.13. The summed E-state index contributed by atoms with van der Waals surface area (Å²) in [4.78, 5) is 18.0. The van der Waals surface area contributed by atoms with E-state index in [9.17, 15) is 13.7 Å². The predicted molar refractivity (Wildman–Crippen MR) is 157 cm³/mol. The van der Waals surface area contributed by atoms with E-state index in [-0.39, 0.29) is 17.6 Å². The third-order valence-electron chi connectivity index (χ3n) is 7.95. The average molecular weight is 592 g/mol. The number of benzene rings is 2. The molecule has 3 saturated heterocycles. The SMILES string of the molecule is COc1cc(Nc2ncnc(-c3ccc(OC4CCS(=O)(=O)CC4)c(C#N)c3)n2)ccc1N1CCN(C2COC2)CC1. The highest BCUT2D eigenvalue weighted by atomic mass is 32.2. The lowest BCUT2D eigenvalue weighted by Crippen LogP contribution is -2.56. The zero-order valence-corrected chi connectivity index (χ0v) is 24.2. The molecule has 3 aromatic rings. The maximum Gasteiger partial charge on any atom is 0.230 e. The molecule has 12 nitrogen and oxygen atoms in total. The van der Waals surface area contributed by atoms with Crippen LogP contribution in [0.25, 0.3) is 11.4 Å². The summed E-state index contributed by atoms with van der Waals surface area (Å²) in [6, 6.07) is 13.8. The minimum Gasteiger partial charge on any atom is -0.495 e. The van der Waals surface area contributed by atoms with Crippen molar-refractivity contribution in [3.05, 3.63) is 48.3 Å². The normalized spacial score (nSPS) is 19.5. The Bertz CT molecular complexity index is 1570. The Morgan fingerprint density at radius 3 is 2.50 bits per heavy atom. The van der Waals surface area contributed by atoms with Crippen molar-refractivity contribution in [1.29, 1.82) is 5.26 Å². The molecule has 3 aliphatic heterocycles. The van der Waals surface area contributed by atoms with E-state index in [1.807, 2.05) is 18.2 Å². The van der Waals surface area contributed by atoms with Gasteiger partial charge in [0.2, 0.25) is 5.95 Å². The lowest BCUT2D eigenvalue weighted by molar-refractivity contribution is -0.0660. The van der Waals surface area contributed by atoms with Crippen LogP contribution in [0.3, 0.4) is 0 Å². The lowest BCUT2D eigenvalue weighted by Gasteiger charge is -2.43. The van der Waals surface area contributed by atoms with Crippen molar-refractivity contribution in [3.8, 4) is 29.0 Å². The standard InChI is InChI=1S/C29H33N7O5S/c1-39-27-15-22(3-4-25(27)36-10-8-35(9-11-36)23-17-40-18-23)33-29-32-19-31-28(34-29)20-2-5-26(21(14-20)16-30)41-24-6-12-42(37,38)13-7-24/h2-5,14-15,19,23-24H,6-13,17-18H2,1H3,(H,31,32,33,34). The summed E-state index contributed by atoms with van der Waals surface area (Å²) in [5.41, 5.74) is 2.79. The molecule has 1 N–H and O–H groups in total. The fourth-order valence-corrected chi connectivity index (χ4v) is 6.88. The van der Waals surface area contributed by atoms with E-state index in [1.54, 1.807) is 25.3 Å². The summed E-state index contributed by atoms with van der Waals surface area (Å²) in [6.45, 7) is 5.50. The van der Waals surface area contributed by atoms with Crippen LogP contribution >= 0.6 is 0 Å². The van der Waals surface area contributed by atoms with Crippen LogP contribution in [0.1, 0.15) is 18.4 Å². The largest absolute Gasteiger partial charge is 0.495 e. The second-order valence-corrected chi connectivity index (χ2v) is 13.0. The van der Waals surface area contributed by atoms with E-state index in [0.29, 0.717) is 47.5 Å². The van der Waals surface area contributed by atoms with Gasteiger partial charge in [-0.1, -0.05) is 0 Å². The van der Waals surface area contributed by atoms with Crippen molar-refractivity contribution in [2.45, 2.75) is 25.0 Å². The van der Waals surface area contributed by atoms with Crippen molar-refractivity contribution in [2.75, 3.05) is 68.2 Å². The van der Waals surface area contributed by atoms with E-state index in [1.165, 1.54) is 6.33 Å². The smallest absolute Gasteiger partial charge is 0.230 e. The molecule has 2 aromatic carbocycles. The number of nitriles is 1. The van der Waals surface area contributed by atoms with Gasteiger partial charge in [-0.15, -0.1) is 0 Å². The lowest BCUT2D eigenvalue weighted by atomic mass is 10.1. The molecule has 4 heterocycles. The third kappa shape index (κ3) is 6.25. The molecular weight excluding hydrogens is 558 g/mol. The minimum absolute atomic E-state index is 0.0977. The Labute approximate surface area is 245 Å². The fraction of sp³-hybridized carbons (Fsp3) is 0.448. The summed E-state index contributed by atoms with van der Waals surface area (Å²) >= 11 is 0. The zero-order valence-electron chi connectivity index (χ0n) is 23.4. The molecule has 0 radical (unpaired) electrons. The number of hydrogen-bond acceptors (Lipinski definition) is 12. The molecule has 1 aromatic heterocycles. The number of hydrogen-bond donors (Lipinski definition) is 1. The van der Waals surface area contributed by atoms with Crippen LogP contribution in [0.5, 0.6) is 11.5 Å².